The molecule has 0 aromatic heterocycles. The van der Waals surface area contributed by atoms with Crippen LogP contribution in [-0.2, 0) is 31.3 Å². The Bertz CT molecular complexity index is 1160. The number of nitrogens with one attached hydrogen (secondary N) is 1. The fourth-order valence-corrected chi connectivity index (χ4v) is 6.63. The van der Waals surface area contributed by atoms with Gasteiger partial charge in [-0.05, 0) is 44.0 Å². The zero-order valence-electron chi connectivity index (χ0n) is 17.0. The fourth-order valence-electron chi connectivity index (χ4n) is 3.32. The topological polar surface area (TPSA) is 110 Å². The third-order valence-corrected chi connectivity index (χ3v) is 8.31. The first-order valence-electron chi connectivity index (χ1n) is 9.27. The summed E-state index contributed by atoms with van der Waals surface area (Å²) in [5, 5.41) is 0. The highest BCUT2D eigenvalue weighted by atomic mass is 32.2. The molecule has 1 saturated heterocycles. The normalized spacial score (nSPS) is 17.8. The third-order valence-electron chi connectivity index (χ3n) is 4.80. The number of anilines is 1. The van der Waals surface area contributed by atoms with Gasteiger partial charge >= 0.3 is 0 Å². The van der Waals surface area contributed by atoms with Crippen LogP contribution >= 0.6 is 0 Å². The molecule has 0 bridgehead atoms. The second kappa shape index (κ2) is 8.01. The molecule has 30 heavy (non-hydrogen) atoms. The highest BCUT2D eigenvalue weighted by molar-refractivity contribution is 7.94. The Morgan fingerprint density at radius 2 is 1.80 bits per heavy atom. The lowest BCUT2D eigenvalue weighted by Gasteiger charge is -2.19. The van der Waals surface area contributed by atoms with Gasteiger partial charge in [-0.15, -0.1) is 0 Å². The molecule has 1 amide bonds. The van der Waals surface area contributed by atoms with Gasteiger partial charge in [-0.2, -0.15) is 0 Å². The second-order valence-electron chi connectivity index (χ2n) is 7.68. The van der Waals surface area contributed by atoms with Crippen LogP contribution in [0.3, 0.4) is 0 Å². The summed E-state index contributed by atoms with van der Waals surface area (Å²) in [5.74, 6) is -0.898. The number of carbonyl (C=O) groups excluding carboxylic acids is 1. The van der Waals surface area contributed by atoms with Crippen LogP contribution in [0.25, 0.3) is 0 Å². The van der Waals surface area contributed by atoms with Gasteiger partial charge in [-0.1, -0.05) is 30.3 Å². The van der Waals surface area contributed by atoms with Crippen molar-refractivity contribution in [3.8, 4) is 5.75 Å². The highest BCUT2D eigenvalue weighted by Crippen LogP contribution is 2.38. The van der Waals surface area contributed by atoms with Gasteiger partial charge in [0.05, 0.1) is 24.0 Å². The van der Waals surface area contributed by atoms with Crippen LogP contribution in [-0.4, -0.2) is 42.2 Å². The number of benzene rings is 2. The minimum atomic E-state index is -4.02. The maximum atomic E-state index is 12.9. The first kappa shape index (κ1) is 22.3. The second-order valence-corrected chi connectivity index (χ2v) is 11.2. The van der Waals surface area contributed by atoms with Gasteiger partial charge in [0.2, 0.25) is 26.0 Å². The van der Waals surface area contributed by atoms with E-state index in [1.807, 2.05) is 30.3 Å². The molecule has 1 heterocycles. The molecule has 3 rings (SSSR count). The first-order chi connectivity index (χ1) is 14.0. The Morgan fingerprint density at radius 1 is 1.13 bits per heavy atom. The molecule has 2 aromatic carbocycles. The van der Waals surface area contributed by atoms with E-state index < -0.39 is 31.4 Å². The van der Waals surface area contributed by atoms with E-state index in [0.29, 0.717) is 10.7 Å². The van der Waals surface area contributed by atoms with Crippen LogP contribution in [0.5, 0.6) is 5.75 Å². The lowest BCUT2D eigenvalue weighted by Crippen LogP contribution is -2.33. The first-order valence-corrected chi connectivity index (χ1v) is 12.4. The lowest BCUT2D eigenvalue weighted by molar-refractivity contribution is -0.123. The summed E-state index contributed by atoms with van der Waals surface area (Å²) in [5.41, 5.74) is -0.155. The Kier molecular flexibility index (Phi) is 5.94. The van der Waals surface area contributed by atoms with Gasteiger partial charge in [-0.3, -0.25) is 4.79 Å². The molecule has 1 aliphatic rings. The monoisotopic (exact) mass is 452 g/mol. The molecule has 0 spiro atoms. The SMILES string of the molecule is COc1ccc(N2C(=O)C(C)(C)CS2(=O)=O)cc1S(=O)(=O)NCCc1ccccc1. The minimum Gasteiger partial charge on any atom is -0.495 e. The molecule has 1 fully saturated rings. The summed E-state index contributed by atoms with van der Waals surface area (Å²) < 4.78 is 59.2. The van der Waals surface area contributed by atoms with E-state index >= 15 is 0 Å². The molecule has 0 unspecified atom stereocenters. The largest absolute Gasteiger partial charge is 0.495 e. The maximum Gasteiger partial charge on any atom is 0.247 e. The number of amides is 1. The van der Waals surface area contributed by atoms with Crippen molar-refractivity contribution in [3.05, 3.63) is 54.1 Å². The van der Waals surface area contributed by atoms with Crippen LogP contribution in [0.15, 0.2) is 53.4 Å². The quantitative estimate of drug-likeness (QED) is 0.687. The molecule has 1 N–H and O–H groups in total. The number of rotatable bonds is 7. The number of nitrogens with zero attached hydrogens (tertiary/aromatic N) is 1. The van der Waals surface area contributed by atoms with Crippen molar-refractivity contribution in [1.29, 1.82) is 0 Å². The Morgan fingerprint density at radius 3 is 2.37 bits per heavy atom. The average molecular weight is 453 g/mol. The predicted molar refractivity (Wildman–Crippen MR) is 113 cm³/mol. The van der Waals surface area contributed by atoms with Gasteiger partial charge in [0.1, 0.15) is 10.6 Å². The lowest BCUT2D eigenvalue weighted by atomic mass is 9.95. The predicted octanol–water partition coefficient (Wildman–Crippen LogP) is 1.92. The van der Waals surface area contributed by atoms with Crippen LogP contribution < -0.4 is 13.8 Å². The molecular formula is C20H24N2O6S2. The van der Waals surface area contributed by atoms with Crippen LogP contribution in [0.1, 0.15) is 19.4 Å². The summed E-state index contributed by atoms with van der Waals surface area (Å²) in [6, 6.07) is 13.2. The van der Waals surface area contributed by atoms with E-state index in [0.717, 1.165) is 11.6 Å². The molecule has 0 radical (unpaired) electrons. The molecule has 10 heteroatoms. The third kappa shape index (κ3) is 4.35. The zero-order chi connectivity index (χ0) is 22.2. The smallest absolute Gasteiger partial charge is 0.247 e. The molecule has 0 atom stereocenters. The number of hydrogen-bond donors (Lipinski definition) is 1. The van der Waals surface area contributed by atoms with Crippen molar-refractivity contribution in [2.45, 2.75) is 25.2 Å². The van der Waals surface area contributed by atoms with E-state index in [4.69, 9.17) is 4.74 Å². The van der Waals surface area contributed by atoms with E-state index in [2.05, 4.69) is 4.72 Å². The van der Waals surface area contributed by atoms with Crippen molar-refractivity contribution in [2.75, 3.05) is 23.7 Å². The summed E-state index contributed by atoms with van der Waals surface area (Å²) >= 11 is 0. The van der Waals surface area contributed by atoms with Crippen molar-refractivity contribution < 1.29 is 26.4 Å². The van der Waals surface area contributed by atoms with E-state index in [1.165, 1.54) is 19.2 Å². The Hall–Kier alpha value is -2.43. The minimum absolute atomic E-state index is 0.0326. The standard InChI is InChI=1S/C20H24N2O6S2/c1-20(2)14-29(24,25)22(19(20)23)16-9-10-17(28-3)18(13-16)30(26,27)21-12-11-15-7-5-4-6-8-15/h4-10,13,21H,11-12,14H2,1-3H3. The molecule has 2 aromatic rings. The van der Waals surface area contributed by atoms with Crippen LogP contribution in [0.4, 0.5) is 5.69 Å². The summed E-state index contributed by atoms with van der Waals surface area (Å²) in [6.07, 6.45) is 0.481. The molecular weight excluding hydrogens is 428 g/mol. The molecule has 0 saturated carbocycles. The number of hydrogen-bond acceptors (Lipinski definition) is 6. The number of carbonyl (C=O) groups is 1. The molecule has 0 aliphatic carbocycles. The molecule has 162 valence electrons. The highest BCUT2D eigenvalue weighted by Gasteiger charge is 2.50. The van der Waals surface area contributed by atoms with Crippen molar-refractivity contribution in [1.82, 2.24) is 4.72 Å². The van der Waals surface area contributed by atoms with Crippen LogP contribution in [0, 0.1) is 5.41 Å². The molecule has 8 nitrogen and oxygen atoms in total. The van der Waals surface area contributed by atoms with Gasteiger partial charge in [0, 0.05) is 6.54 Å². The average Bonchev–Trinajstić information content (AvgIpc) is 2.84. The van der Waals surface area contributed by atoms with Crippen molar-refractivity contribution >= 4 is 31.6 Å². The van der Waals surface area contributed by atoms with E-state index in [9.17, 15) is 21.6 Å². The van der Waals surface area contributed by atoms with Gasteiger partial charge < -0.3 is 4.74 Å². The summed E-state index contributed by atoms with van der Waals surface area (Å²) in [7, 11) is -6.60. The fraction of sp³-hybridized carbons (Fsp3) is 0.350. The Labute approximate surface area is 177 Å². The van der Waals surface area contributed by atoms with Gasteiger partial charge in [0.25, 0.3) is 0 Å². The zero-order valence-corrected chi connectivity index (χ0v) is 18.6. The Balaban J connectivity index is 1.92. The molecule has 1 aliphatic heterocycles. The van der Waals surface area contributed by atoms with Gasteiger partial charge in [0.15, 0.2) is 0 Å². The number of sulfonamides is 2. The van der Waals surface area contributed by atoms with Gasteiger partial charge in [-0.25, -0.2) is 25.9 Å². The van der Waals surface area contributed by atoms with E-state index in [1.54, 1.807) is 13.8 Å². The summed E-state index contributed by atoms with van der Waals surface area (Å²) in [4.78, 5) is 12.4. The summed E-state index contributed by atoms with van der Waals surface area (Å²) in [6.45, 7) is 3.23. The van der Waals surface area contributed by atoms with Crippen molar-refractivity contribution in [3.63, 3.8) is 0 Å². The van der Waals surface area contributed by atoms with Crippen molar-refractivity contribution in [2.24, 2.45) is 5.41 Å². The maximum absolute atomic E-state index is 12.9. The van der Waals surface area contributed by atoms with E-state index in [-0.39, 0.29) is 28.6 Å². The van der Waals surface area contributed by atoms with Crippen LogP contribution in [0.2, 0.25) is 0 Å². The number of ether oxygens (including phenoxy) is 1. The number of methoxy groups -OCH3 is 1.